The Morgan fingerprint density at radius 1 is 1.33 bits per heavy atom. The summed E-state index contributed by atoms with van der Waals surface area (Å²) in [5.74, 6) is 0.913. The van der Waals surface area contributed by atoms with Gasteiger partial charge in [0, 0.05) is 6.54 Å². The van der Waals surface area contributed by atoms with Crippen LogP contribution in [0.3, 0.4) is 0 Å². The summed E-state index contributed by atoms with van der Waals surface area (Å²) in [7, 11) is 0. The van der Waals surface area contributed by atoms with Gasteiger partial charge in [0.15, 0.2) is 0 Å². The lowest BCUT2D eigenvalue weighted by Crippen LogP contribution is -2.07. The van der Waals surface area contributed by atoms with E-state index in [2.05, 4.69) is 45.2 Å². The average molecular weight is 309 g/mol. The zero-order valence-corrected chi connectivity index (χ0v) is 12.5. The number of hydrogen-bond acceptors (Lipinski definition) is 3. The van der Waals surface area contributed by atoms with E-state index in [1.54, 1.807) is 0 Å². The first-order valence-electron chi connectivity index (χ1n) is 6.01. The molecule has 0 atom stereocenters. The van der Waals surface area contributed by atoms with Crippen LogP contribution < -0.4 is 5.32 Å². The molecular weight excluding hydrogens is 292 g/mol. The van der Waals surface area contributed by atoms with E-state index in [1.165, 1.54) is 0 Å². The fourth-order valence-corrected chi connectivity index (χ4v) is 2.11. The van der Waals surface area contributed by atoms with Gasteiger partial charge >= 0.3 is 0 Å². The first-order valence-corrected chi connectivity index (χ1v) is 6.80. The second-order valence-electron chi connectivity index (χ2n) is 4.19. The van der Waals surface area contributed by atoms with E-state index in [0.717, 1.165) is 33.9 Å². The van der Waals surface area contributed by atoms with Crippen LogP contribution in [0.15, 0.2) is 22.7 Å². The first kappa shape index (κ1) is 13.1. The van der Waals surface area contributed by atoms with E-state index < -0.39 is 0 Å². The third kappa shape index (κ3) is 2.72. The van der Waals surface area contributed by atoms with Crippen molar-refractivity contribution >= 4 is 21.7 Å². The molecule has 0 aliphatic carbocycles. The smallest absolute Gasteiger partial charge is 0.126 e. The van der Waals surface area contributed by atoms with Crippen molar-refractivity contribution in [3.8, 4) is 0 Å². The van der Waals surface area contributed by atoms with Gasteiger partial charge in [0.25, 0.3) is 0 Å². The molecule has 0 radical (unpaired) electrons. The topological polar surface area (TPSA) is 42.7 Å². The van der Waals surface area contributed by atoms with Crippen molar-refractivity contribution in [1.29, 1.82) is 0 Å². The van der Waals surface area contributed by atoms with Gasteiger partial charge in [-0.05, 0) is 48.8 Å². The maximum Gasteiger partial charge on any atom is 0.126 e. The zero-order chi connectivity index (χ0) is 13.1. The quantitative estimate of drug-likeness (QED) is 0.943. The standard InChI is InChI=1S/C13H17BrN4/c1-4-15-12-7-5-6-11(16-12)8-18-10(3)13(14)9(2)17-18/h5-7H,4,8H2,1-3H3,(H,15,16). The second-order valence-corrected chi connectivity index (χ2v) is 4.98. The van der Waals surface area contributed by atoms with Gasteiger partial charge in [-0.2, -0.15) is 5.10 Å². The maximum absolute atomic E-state index is 4.55. The molecule has 0 fully saturated rings. The van der Waals surface area contributed by atoms with Gasteiger partial charge in [0.2, 0.25) is 0 Å². The number of halogens is 1. The lowest BCUT2D eigenvalue weighted by Gasteiger charge is -2.07. The van der Waals surface area contributed by atoms with Gasteiger partial charge in [-0.25, -0.2) is 4.98 Å². The SMILES string of the molecule is CCNc1cccc(Cn2nc(C)c(Br)c2C)n1. The number of rotatable bonds is 4. The van der Waals surface area contributed by atoms with Crippen LogP contribution in [-0.2, 0) is 6.54 Å². The van der Waals surface area contributed by atoms with Crippen molar-refractivity contribution in [2.24, 2.45) is 0 Å². The molecule has 2 aromatic heterocycles. The van der Waals surface area contributed by atoms with E-state index in [4.69, 9.17) is 0 Å². The molecule has 0 spiro atoms. The van der Waals surface area contributed by atoms with E-state index >= 15 is 0 Å². The van der Waals surface area contributed by atoms with Crippen LogP contribution in [0.25, 0.3) is 0 Å². The van der Waals surface area contributed by atoms with Gasteiger partial charge in [0.05, 0.1) is 28.1 Å². The number of anilines is 1. The summed E-state index contributed by atoms with van der Waals surface area (Å²) >= 11 is 3.54. The molecule has 0 saturated heterocycles. The predicted molar refractivity (Wildman–Crippen MR) is 76.9 cm³/mol. The molecule has 96 valence electrons. The summed E-state index contributed by atoms with van der Waals surface area (Å²) in [6, 6.07) is 6.01. The minimum atomic E-state index is 0.692. The third-order valence-corrected chi connectivity index (χ3v) is 3.92. The Hall–Kier alpha value is -1.36. The highest BCUT2D eigenvalue weighted by Crippen LogP contribution is 2.20. The molecule has 2 rings (SSSR count). The van der Waals surface area contributed by atoms with Crippen molar-refractivity contribution in [3.63, 3.8) is 0 Å². The molecule has 5 heteroatoms. The highest BCUT2D eigenvalue weighted by Gasteiger charge is 2.09. The van der Waals surface area contributed by atoms with Gasteiger partial charge in [0.1, 0.15) is 5.82 Å². The fourth-order valence-electron chi connectivity index (χ4n) is 1.83. The lowest BCUT2D eigenvalue weighted by atomic mass is 10.3. The van der Waals surface area contributed by atoms with Gasteiger partial charge in [-0.15, -0.1) is 0 Å². The van der Waals surface area contributed by atoms with Crippen molar-refractivity contribution in [3.05, 3.63) is 39.8 Å². The molecule has 0 aliphatic rings. The van der Waals surface area contributed by atoms with Crippen molar-refractivity contribution < 1.29 is 0 Å². The van der Waals surface area contributed by atoms with E-state index in [-0.39, 0.29) is 0 Å². The first-order chi connectivity index (χ1) is 8.61. The molecular formula is C13H17BrN4. The molecule has 1 N–H and O–H groups in total. The summed E-state index contributed by atoms with van der Waals surface area (Å²) in [5.41, 5.74) is 3.14. The molecule has 0 unspecified atom stereocenters. The summed E-state index contributed by atoms with van der Waals surface area (Å²) in [4.78, 5) is 4.55. The molecule has 0 aromatic carbocycles. The Morgan fingerprint density at radius 2 is 2.11 bits per heavy atom. The van der Waals surface area contributed by atoms with Crippen molar-refractivity contribution in [2.75, 3.05) is 11.9 Å². The minimum Gasteiger partial charge on any atom is -0.370 e. The summed E-state index contributed by atoms with van der Waals surface area (Å²) in [5, 5.41) is 7.70. The Bertz CT molecular complexity index is 548. The summed E-state index contributed by atoms with van der Waals surface area (Å²) < 4.78 is 3.04. The third-order valence-electron chi connectivity index (χ3n) is 2.77. The maximum atomic E-state index is 4.55. The highest BCUT2D eigenvalue weighted by molar-refractivity contribution is 9.10. The molecule has 0 aliphatic heterocycles. The molecule has 4 nitrogen and oxygen atoms in total. The van der Waals surface area contributed by atoms with Gasteiger partial charge in [-0.1, -0.05) is 6.07 Å². The lowest BCUT2D eigenvalue weighted by molar-refractivity contribution is 0.647. The average Bonchev–Trinajstić information content (AvgIpc) is 2.58. The summed E-state index contributed by atoms with van der Waals surface area (Å²) in [6.45, 7) is 7.68. The van der Waals surface area contributed by atoms with Crippen LogP contribution >= 0.6 is 15.9 Å². The van der Waals surface area contributed by atoms with Crippen molar-refractivity contribution in [2.45, 2.75) is 27.3 Å². The number of hydrogen-bond donors (Lipinski definition) is 1. The van der Waals surface area contributed by atoms with Crippen LogP contribution in [-0.4, -0.2) is 21.3 Å². The number of nitrogens with zero attached hydrogens (tertiary/aromatic N) is 3. The molecule has 2 aromatic rings. The van der Waals surface area contributed by atoms with E-state index in [0.29, 0.717) is 6.54 Å². The zero-order valence-electron chi connectivity index (χ0n) is 10.9. The number of nitrogens with one attached hydrogen (secondary N) is 1. The van der Waals surface area contributed by atoms with E-state index in [1.807, 2.05) is 29.8 Å². The molecule has 0 bridgehead atoms. The largest absolute Gasteiger partial charge is 0.370 e. The Kier molecular flexibility index (Phi) is 4.01. The predicted octanol–water partition coefficient (Wildman–Crippen LogP) is 3.14. The fraction of sp³-hybridized carbons (Fsp3) is 0.385. The van der Waals surface area contributed by atoms with Gasteiger partial charge < -0.3 is 5.32 Å². The van der Waals surface area contributed by atoms with Crippen LogP contribution in [0, 0.1) is 13.8 Å². The Balaban J connectivity index is 2.23. The van der Waals surface area contributed by atoms with E-state index in [9.17, 15) is 0 Å². The Labute approximate surface area is 116 Å². The highest BCUT2D eigenvalue weighted by atomic mass is 79.9. The minimum absolute atomic E-state index is 0.692. The molecule has 0 amide bonds. The molecule has 0 saturated carbocycles. The van der Waals surface area contributed by atoms with Crippen LogP contribution in [0.5, 0.6) is 0 Å². The molecule has 18 heavy (non-hydrogen) atoms. The number of aryl methyl sites for hydroxylation is 1. The monoisotopic (exact) mass is 308 g/mol. The van der Waals surface area contributed by atoms with Gasteiger partial charge in [-0.3, -0.25) is 4.68 Å². The number of pyridine rings is 1. The van der Waals surface area contributed by atoms with Crippen LogP contribution in [0.4, 0.5) is 5.82 Å². The normalized spacial score (nSPS) is 10.7. The van der Waals surface area contributed by atoms with Crippen LogP contribution in [0.1, 0.15) is 24.0 Å². The second kappa shape index (κ2) is 5.52. The van der Waals surface area contributed by atoms with Crippen molar-refractivity contribution in [1.82, 2.24) is 14.8 Å². The molecule has 2 heterocycles. The Morgan fingerprint density at radius 3 is 2.72 bits per heavy atom. The van der Waals surface area contributed by atoms with Crippen LogP contribution in [0.2, 0.25) is 0 Å². The number of aromatic nitrogens is 3. The summed E-state index contributed by atoms with van der Waals surface area (Å²) in [6.07, 6.45) is 0.